The fourth-order valence-electron chi connectivity index (χ4n) is 1.99. The Morgan fingerprint density at radius 2 is 2.04 bits per heavy atom. The van der Waals surface area contributed by atoms with Gasteiger partial charge in [-0.1, -0.05) is 17.7 Å². The third-order valence-corrected chi connectivity index (χ3v) is 4.38. The van der Waals surface area contributed by atoms with Crippen LogP contribution in [0.2, 0.25) is 5.02 Å². The summed E-state index contributed by atoms with van der Waals surface area (Å²) in [6.45, 7) is 0.0284. The Bertz CT molecular complexity index is 809. The van der Waals surface area contributed by atoms with Gasteiger partial charge in [0.15, 0.2) is 0 Å². The van der Waals surface area contributed by atoms with Gasteiger partial charge in [-0.2, -0.15) is 0 Å². The zero-order valence-electron chi connectivity index (χ0n) is 12.6. The summed E-state index contributed by atoms with van der Waals surface area (Å²) in [5.74, 6) is -0.597. The summed E-state index contributed by atoms with van der Waals surface area (Å²) in [4.78, 5) is 15.8. The number of aromatic nitrogens is 1. The fourth-order valence-corrected chi connectivity index (χ4v) is 3.08. The normalized spacial score (nSPS) is 11.1. The van der Waals surface area contributed by atoms with Crippen LogP contribution in [0.15, 0.2) is 42.6 Å². The molecule has 0 spiro atoms. The molecule has 0 saturated heterocycles. The first-order valence-electron chi connectivity index (χ1n) is 6.58. The van der Waals surface area contributed by atoms with Gasteiger partial charge in [0.2, 0.25) is 10.0 Å². The smallest absolute Gasteiger partial charge is 0.337 e. The van der Waals surface area contributed by atoms with Gasteiger partial charge >= 0.3 is 5.97 Å². The predicted octanol–water partition coefficient (Wildman–Crippen LogP) is 2.49. The summed E-state index contributed by atoms with van der Waals surface area (Å²) < 4.78 is 30.1. The molecule has 0 bridgehead atoms. The molecule has 0 fully saturated rings. The van der Waals surface area contributed by atoms with Crippen molar-refractivity contribution in [3.05, 3.63) is 58.9 Å². The van der Waals surface area contributed by atoms with Crippen LogP contribution < -0.4 is 4.31 Å². The Kier molecular flexibility index (Phi) is 5.23. The van der Waals surface area contributed by atoms with Crippen LogP contribution >= 0.6 is 11.6 Å². The Labute approximate surface area is 139 Å². The summed E-state index contributed by atoms with van der Waals surface area (Å²) in [5, 5.41) is 0.234. The third kappa shape index (κ3) is 4.43. The van der Waals surface area contributed by atoms with Crippen LogP contribution in [0.25, 0.3) is 0 Å². The van der Waals surface area contributed by atoms with Gasteiger partial charge in [0, 0.05) is 11.2 Å². The van der Waals surface area contributed by atoms with E-state index in [1.807, 2.05) is 0 Å². The van der Waals surface area contributed by atoms with Crippen molar-refractivity contribution in [2.45, 2.75) is 6.54 Å². The molecular formula is C15H15ClN2O4S. The van der Waals surface area contributed by atoms with Gasteiger partial charge in [0.05, 0.1) is 36.9 Å². The number of esters is 1. The summed E-state index contributed by atoms with van der Waals surface area (Å²) in [6.07, 6.45) is 2.66. The van der Waals surface area contributed by atoms with E-state index in [2.05, 4.69) is 9.72 Å². The molecule has 8 heteroatoms. The number of sulfonamides is 1. The SMILES string of the molecule is COC(=O)c1cc(Cl)cc(N(Cc2ccccn2)S(C)(=O)=O)c1. The van der Waals surface area contributed by atoms with Gasteiger partial charge in [0.25, 0.3) is 0 Å². The van der Waals surface area contributed by atoms with Crippen molar-refractivity contribution >= 4 is 33.3 Å². The van der Waals surface area contributed by atoms with Crippen molar-refractivity contribution in [2.24, 2.45) is 0 Å². The second-order valence-corrected chi connectivity index (χ2v) is 7.12. The quantitative estimate of drug-likeness (QED) is 0.771. The first-order chi connectivity index (χ1) is 10.8. The summed E-state index contributed by atoms with van der Waals surface area (Å²) >= 11 is 6.00. The summed E-state index contributed by atoms with van der Waals surface area (Å²) in [7, 11) is -2.36. The number of pyridine rings is 1. The molecule has 23 heavy (non-hydrogen) atoms. The highest BCUT2D eigenvalue weighted by Crippen LogP contribution is 2.26. The minimum atomic E-state index is -3.60. The maximum atomic E-state index is 12.1. The van der Waals surface area contributed by atoms with Crippen LogP contribution in [-0.2, 0) is 21.3 Å². The third-order valence-electron chi connectivity index (χ3n) is 3.02. The average Bonchev–Trinajstić information content (AvgIpc) is 2.51. The molecule has 0 aliphatic heterocycles. The fraction of sp³-hybridized carbons (Fsp3) is 0.200. The van der Waals surface area contributed by atoms with Crippen molar-refractivity contribution < 1.29 is 17.9 Å². The number of anilines is 1. The zero-order chi connectivity index (χ0) is 17.0. The van der Waals surface area contributed by atoms with Crippen molar-refractivity contribution in [1.82, 2.24) is 4.98 Å². The van der Waals surface area contributed by atoms with Crippen molar-refractivity contribution in [1.29, 1.82) is 0 Å². The van der Waals surface area contributed by atoms with Crippen LogP contribution in [-0.4, -0.2) is 32.7 Å². The minimum absolute atomic E-state index is 0.0284. The average molecular weight is 355 g/mol. The van der Waals surface area contributed by atoms with Crippen molar-refractivity contribution in [3.63, 3.8) is 0 Å². The molecule has 0 atom stereocenters. The molecule has 1 aromatic carbocycles. The molecule has 1 heterocycles. The maximum absolute atomic E-state index is 12.1. The van der Waals surface area contributed by atoms with E-state index in [1.54, 1.807) is 24.4 Å². The van der Waals surface area contributed by atoms with Crippen LogP contribution in [0.1, 0.15) is 16.1 Å². The Morgan fingerprint density at radius 3 is 2.61 bits per heavy atom. The summed E-state index contributed by atoms with van der Waals surface area (Å²) in [5.41, 5.74) is 1.01. The molecule has 122 valence electrons. The molecule has 6 nitrogen and oxygen atoms in total. The van der Waals surface area contributed by atoms with E-state index in [0.717, 1.165) is 10.6 Å². The highest BCUT2D eigenvalue weighted by Gasteiger charge is 2.21. The number of carbonyl (C=O) groups is 1. The monoisotopic (exact) mass is 354 g/mol. The minimum Gasteiger partial charge on any atom is -0.465 e. The van der Waals surface area contributed by atoms with Crippen molar-refractivity contribution in [3.8, 4) is 0 Å². The van der Waals surface area contributed by atoms with E-state index < -0.39 is 16.0 Å². The van der Waals surface area contributed by atoms with Crippen LogP contribution in [0.5, 0.6) is 0 Å². The molecule has 0 N–H and O–H groups in total. The van der Waals surface area contributed by atoms with Gasteiger partial charge in [-0.05, 0) is 30.3 Å². The first kappa shape index (κ1) is 17.2. The number of carbonyl (C=O) groups excluding carboxylic acids is 1. The zero-order valence-corrected chi connectivity index (χ0v) is 14.1. The number of nitrogens with zero attached hydrogens (tertiary/aromatic N) is 2. The number of methoxy groups -OCH3 is 1. The maximum Gasteiger partial charge on any atom is 0.337 e. The molecule has 1 aromatic heterocycles. The van der Waals surface area contributed by atoms with Gasteiger partial charge in [-0.3, -0.25) is 9.29 Å². The highest BCUT2D eigenvalue weighted by molar-refractivity contribution is 7.92. The number of ether oxygens (including phenoxy) is 1. The highest BCUT2D eigenvalue weighted by atomic mass is 35.5. The second kappa shape index (κ2) is 6.97. The van der Waals surface area contributed by atoms with E-state index in [0.29, 0.717) is 5.69 Å². The number of halogens is 1. The molecule has 0 radical (unpaired) electrons. The van der Waals surface area contributed by atoms with E-state index in [-0.39, 0.29) is 22.8 Å². The molecular weight excluding hydrogens is 340 g/mol. The molecule has 0 unspecified atom stereocenters. The van der Waals surface area contributed by atoms with E-state index in [1.165, 1.54) is 25.3 Å². The van der Waals surface area contributed by atoms with E-state index in [9.17, 15) is 13.2 Å². The van der Waals surface area contributed by atoms with Crippen LogP contribution in [0.4, 0.5) is 5.69 Å². The Morgan fingerprint density at radius 1 is 1.30 bits per heavy atom. The Hall–Kier alpha value is -2.12. The summed E-state index contributed by atoms with van der Waals surface area (Å²) in [6, 6.07) is 9.52. The topological polar surface area (TPSA) is 76.6 Å². The lowest BCUT2D eigenvalue weighted by Crippen LogP contribution is -2.29. The van der Waals surface area contributed by atoms with E-state index in [4.69, 9.17) is 11.6 Å². The van der Waals surface area contributed by atoms with Gasteiger partial charge < -0.3 is 4.74 Å². The molecule has 0 saturated carbocycles. The van der Waals surface area contributed by atoms with Gasteiger partial charge in [0.1, 0.15) is 0 Å². The van der Waals surface area contributed by atoms with Crippen LogP contribution in [0.3, 0.4) is 0 Å². The Balaban J connectivity index is 2.48. The second-order valence-electron chi connectivity index (χ2n) is 4.78. The molecule has 2 rings (SSSR count). The van der Waals surface area contributed by atoms with Gasteiger partial charge in [-0.15, -0.1) is 0 Å². The van der Waals surface area contributed by atoms with Crippen molar-refractivity contribution in [2.75, 3.05) is 17.7 Å². The number of hydrogen-bond donors (Lipinski definition) is 0. The molecule has 0 amide bonds. The number of rotatable bonds is 5. The largest absolute Gasteiger partial charge is 0.465 e. The predicted molar refractivity (Wildman–Crippen MR) is 88.1 cm³/mol. The van der Waals surface area contributed by atoms with Gasteiger partial charge in [-0.25, -0.2) is 13.2 Å². The van der Waals surface area contributed by atoms with E-state index >= 15 is 0 Å². The lowest BCUT2D eigenvalue weighted by atomic mass is 10.2. The number of benzene rings is 1. The lowest BCUT2D eigenvalue weighted by molar-refractivity contribution is 0.0600. The molecule has 0 aliphatic rings. The lowest BCUT2D eigenvalue weighted by Gasteiger charge is -2.22. The standard InChI is InChI=1S/C15H15ClN2O4S/c1-22-15(19)11-7-12(16)9-14(8-11)18(23(2,20)21)10-13-5-3-4-6-17-13/h3-9H,10H2,1-2H3. The first-order valence-corrected chi connectivity index (χ1v) is 8.80. The molecule has 0 aliphatic carbocycles. The van der Waals surface area contributed by atoms with Crippen LogP contribution in [0, 0.1) is 0 Å². The molecule has 2 aromatic rings. The number of hydrogen-bond acceptors (Lipinski definition) is 5.